The van der Waals surface area contributed by atoms with Crippen molar-refractivity contribution in [2.75, 3.05) is 5.75 Å². The Hall–Kier alpha value is -1.73. The molecule has 2 unspecified atom stereocenters. The Balaban J connectivity index is 1.46. The Labute approximate surface area is 142 Å². The van der Waals surface area contributed by atoms with Gasteiger partial charge in [-0.2, -0.15) is 9.40 Å². The molecule has 0 amide bonds. The monoisotopic (exact) mass is 346 g/mol. The summed E-state index contributed by atoms with van der Waals surface area (Å²) in [6.07, 6.45) is 7.45. The van der Waals surface area contributed by atoms with Gasteiger partial charge in [0.25, 0.3) is 0 Å². The van der Waals surface area contributed by atoms with Crippen LogP contribution in [-0.2, 0) is 16.4 Å². The number of nitrogens with zero attached hydrogens (tertiary/aromatic N) is 4. The number of rotatable bonds is 5. The molecule has 0 radical (unpaired) electrons. The molecule has 128 valence electrons. The Morgan fingerprint density at radius 3 is 2.38 bits per heavy atom. The number of piperidine rings is 1. The number of hydrogen-bond acceptors (Lipinski definition) is 4. The quantitative estimate of drug-likeness (QED) is 0.831. The number of aromatic nitrogens is 3. The first kappa shape index (κ1) is 15.8. The molecule has 2 atom stereocenters. The molecule has 0 aliphatic carbocycles. The highest BCUT2D eigenvalue weighted by molar-refractivity contribution is 7.89. The lowest BCUT2D eigenvalue weighted by Gasteiger charge is -2.37. The fourth-order valence-corrected chi connectivity index (χ4v) is 6.17. The maximum atomic E-state index is 12.9. The summed E-state index contributed by atoms with van der Waals surface area (Å²) in [4.78, 5) is 4.02. The van der Waals surface area contributed by atoms with E-state index >= 15 is 0 Å². The third-order valence-electron chi connectivity index (χ3n) is 5.26. The lowest BCUT2D eigenvalue weighted by molar-refractivity contribution is 0.184. The SMILES string of the molecule is O=S(=O)(CCc1ccccc1)N1C2CCC1CC(n1cncn1)C2. The van der Waals surface area contributed by atoms with Crippen LogP contribution in [0.1, 0.15) is 37.3 Å². The maximum absolute atomic E-state index is 12.9. The predicted octanol–water partition coefficient (Wildman–Crippen LogP) is 2.02. The summed E-state index contributed by atoms with van der Waals surface area (Å²) in [6.45, 7) is 0. The highest BCUT2D eigenvalue weighted by Gasteiger charge is 2.46. The van der Waals surface area contributed by atoms with Crippen LogP contribution >= 0.6 is 0 Å². The largest absolute Gasteiger partial charge is 0.250 e. The van der Waals surface area contributed by atoms with Crippen LogP contribution in [0.25, 0.3) is 0 Å². The average Bonchev–Trinajstić information content (AvgIpc) is 3.21. The first-order valence-electron chi connectivity index (χ1n) is 8.53. The molecule has 1 aromatic carbocycles. The van der Waals surface area contributed by atoms with E-state index < -0.39 is 10.0 Å². The van der Waals surface area contributed by atoms with Gasteiger partial charge in [-0.15, -0.1) is 0 Å². The summed E-state index contributed by atoms with van der Waals surface area (Å²) in [7, 11) is -3.22. The molecule has 6 nitrogen and oxygen atoms in total. The molecular weight excluding hydrogens is 324 g/mol. The van der Waals surface area contributed by atoms with Crippen LogP contribution in [0, 0.1) is 0 Å². The molecular formula is C17H22N4O2S. The lowest BCUT2D eigenvalue weighted by Crippen LogP contribution is -2.48. The van der Waals surface area contributed by atoms with E-state index in [-0.39, 0.29) is 23.9 Å². The third kappa shape index (κ3) is 2.98. The van der Waals surface area contributed by atoms with E-state index in [1.165, 1.54) is 0 Å². The molecule has 2 aromatic rings. The van der Waals surface area contributed by atoms with E-state index in [0.29, 0.717) is 6.42 Å². The molecule has 4 rings (SSSR count). The highest BCUT2D eigenvalue weighted by atomic mass is 32.2. The van der Waals surface area contributed by atoms with Crippen LogP contribution in [0.2, 0.25) is 0 Å². The van der Waals surface area contributed by atoms with Crippen molar-refractivity contribution >= 4 is 10.0 Å². The molecule has 24 heavy (non-hydrogen) atoms. The van der Waals surface area contributed by atoms with Gasteiger partial charge in [-0.25, -0.2) is 18.1 Å². The maximum Gasteiger partial charge on any atom is 0.214 e. The minimum absolute atomic E-state index is 0.110. The standard InChI is InChI=1S/C17H22N4O2S/c22-24(23,9-8-14-4-2-1-3-5-14)21-15-6-7-16(21)11-17(10-15)20-13-18-12-19-20/h1-5,12-13,15-17H,6-11H2. The predicted molar refractivity (Wildman–Crippen MR) is 90.9 cm³/mol. The zero-order valence-electron chi connectivity index (χ0n) is 13.5. The Bertz CT molecular complexity index is 762. The molecule has 1 aromatic heterocycles. The van der Waals surface area contributed by atoms with Crippen molar-refractivity contribution in [1.82, 2.24) is 19.1 Å². The summed E-state index contributed by atoms with van der Waals surface area (Å²) in [6, 6.07) is 10.3. The van der Waals surface area contributed by atoms with Gasteiger partial charge in [0.1, 0.15) is 12.7 Å². The van der Waals surface area contributed by atoms with Crippen molar-refractivity contribution < 1.29 is 8.42 Å². The van der Waals surface area contributed by atoms with Gasteiger partial charge >= 0.3 is 0 Å². The van der Waals surface area contributed by atoms with Gasteiger partial charge in [-0.05, 0) is 37.7 Å². The molecule has 2 aliphatic rings. The minimum Gasteiger partial charge on any atom is -0.250 e. The normalized spacial score (nSPS) is 27.4. The minimum atomic E-state index is -3.22. The topological polar surface area (TPSA) is 68.1 Å². The van der Waals surface area contributed by atoms with E-state index in [9.17, 15) is 8.42 Å². The summed E-state index contributed by atoms with van der Waals surface area (Å²) < 4.78 is 29.5. The number of sulfonamides is 1. The first-order chi connectivity index (χ1) is 11.6. The highest BCUT2D eigenvalue weighted by Crippen LogP contribution is 2.42. The number of benzene rings is 1. The summed E-state index contributed by atoms with van der Waals surface area (Å²) >= 11 is 0. The Kier molecular flexibility index (Phi) is 4.14. The zero-order valence-corrected chi connectivity index (χ0v) is 14.3. The van der Waals surface area contributed by atoms with Crippen molar-refractivity contribution in [3.63, 3.8) is 0 Å². The van der Waals surface area contributed by atoms with Gasteiger partial charge in [0.2, 0.25) is 10.0 Å². The van der Waals surface area contributed by atoms with Gasteiger partial charge in [0.05, 0.1) is 11.8 Å². The van der Waals surface area contributed by atoms with E-state index in [1.54, 1.807) is 12.7 Å². The van der Waals surface area contributed by atoms with Crippen LogP contribution in [-0.4, -0.2) is 45.3 Å². The van der Waals surface area contributed by atoms with Gasteiger partial charge in [0.15, 0.2) is 0 Å². The van der Waals surface area contributed by atoms with Crippen LogP contribution in [0.5, 0.6) is 0 Å². The van der Waals surface area contributed by atoms with E-state index in [1.807, 2.05) is 39.3 Å². The zero-order chi connectivity index (χ0) is 16.6. The summed E-state index contributed by atoms with van der Waals surface area (Å²) in [5.74, 6) is 0.192. The second-order valence-electron chi connectivity index (χ2n) is 6.77. The molecule has 2 fully saturated rings. The number of fused-ring (bicyclic) bond motifs is 2. The second kappa shape index (κ2) is 6.29. The molecule has 2 saturated heterocycles. The summed E-state index contributed by atoms with van der Waals surface area (Å²) in [5, 5.41) is 4.24. The van der Waals surface area contributed by atoms with Gasteiger partial charge in [-0.3, -0.25) is 0 Å². The van der Waals surface area contributed by atoms with Crippen molar-refractivity contribution in [1.29, 1.82) is 0 Å². The van der Waals surface area contributed by atoms with Gasteiger partial charge in [0, 0.05) is 12.1 Å². The van der Waals surface area contributed by atoms with Crippen LogP contribution in [0.4, 0.5) is 0 Å². The van der Waals surface area contributed by atoms with Gasteiger partial charge in [-0.1, -0.05) is 30.3 Å². The van der Waals surface area contributed by atoms with Crippen molar-refractivity contribution in [3.05, 3.63) is 48.5 Å². The van der Waals surface area contributed by atoms with E-state index in [0.717, 1.165) is 31.2 Å². The lowest BCUT2D eigenvalue weighted by atomic mass is 10.0. The molecule has 3 heterocycles. The van der Waals surface area contributed by atoms with E-state index in [2.05, 4.69) is 10.1 Å². The number of hydrogen-bond donors (Lipinski definition) is 0. The van der Waals surface area contributed by atoms with Crippen LogP contribution in [0.3, 0.4) is 0 Å². The fourth-order valence-electron chi connectivity index (χ4n) is 4.18. The first-order valence-corrected chi connectivity index (χ1v) is 10.1. The molecule has 2 aliphatic heterocycles. The molecule has 2 bridgehead atoms. The molecule has 0 saturated carbocycles. The van der Waals surface area contributed by atoms with Crippen molar-refractivity contribution in [3.8, 4) is 0 Å². The van der Waals surface area contributed by atoms with Gasteiger partial charge < -0.3 is 0 Å². The van der Waals surface area contributed by atoms with Crippen LogP contribution < -0.4 is 0 Å². The Morgan fingerprint density at radius 1 is 1.04 bits per heavy atom. The van der Waals surface area contributed by atoms with Crippen LogP contribution in [0.15, 0.2) is 43.0 Å². The molecule has 0 spiro atoms. The molecule has 7 heteroatoms. The summed E-state index contributed by atoms with van der Waals surface area (Å²) in [5.41, 5.74) is 1.07. The fraction of sp³-hybridized carbons (Fsp3) is 0.529. The Morgan fingerprint density at radius 2 is 1.75 bits per heavy atom. The third-order valence-corrected chi connectivity index (χ3v) is 7.22. The average molecular weight is 346 g/mol. The van der Waals surface area contributed by atoms with E-state index in [4.69, 9.17) is 0 Å². The van der Waals surface area contributed by atoms with Crippen molar-refractivity contribution in [2.24, 2.45) is 0 Å². The number of aryl methyl sites for hydroxylation is 1. The van der Waals surface area contributed by atoms with Crippen molar-refractivity contribution in [2.45, 2.75) is 50.2 Å². The smallest absolute Gasteiger partial charge is 0.214 e. The molecule has 0 N–H and O–H groups in total. The second-order valence-corrected chi connectivity index (χ2v) is 8.76.